The molecular weight excluding hydrogens is 204 g/mol. The molecule has 0 aromatic carbocycles. The van der Waals surface area contributed by atoms with E-state index in [1.165, 1.54) is 0 Å². The lowest BCUT2D eigenvalue weighted by molar-refractivity contribution is 0.525. The quantitative estimate of drug-likeness (QED) is 0.587. The van der Waals surface area contributed by atoms with Gasteiger partial charge >= 0.3 is 0 Å². The number of hydrogen-bond donors (Lipinski definition) is 2. The van der Waals surface area contributed by atoms with Crippen molar-refractivity contribution >= 4 is 0 Å². The van der Waals surface area contributed by atoms with Gasteiger partial charge in [-0.2, -0.15) is 5.10 Å². The second-order valence-corrected chi connectivity index (χ2v) is 3.68. The molecule has 0 amide bonds. The van der Waals surface area contributed by atoms with Crippen LogP contribution in [0.5, 0.6) is 0 Å². The summed E-state index contributed by atoms with van der Waals surface area (Å²) in [4.78, 5) is 0. The lowest BCUT2D eigenvalue weighted by Gasteiger charge is -2.12. The first kappa shape index (κ1) is 10.9. The van der Waals surface area contributed by atoms with Gasteiger partial charge < -0.3 is 4.42 Å². The van der Waals surface area contributed by atoms with Crippen molar-refractivity contribution in [1.29, 1.82) is 0 Å². The highest BCUT2D eigenvalue weighted by Crippen LogP contribution is 2.17. The summed E-state index contributed by atoms with van der Waals surface area (Å²) in [5.41, 5.74) is 4.99. The van der Waals surface area contributed by atoms with Gasteiger partial charge in [-0.15, -0.1) is 0 Å². The van der Waals surface area contributed by atoms with Crippen LogP contribution < -0.4 is 11.3 Å². The summed E-state index contributed by atoms with van der Waals surface area (Å²) in [6.07, 6.45) is 8.05. The summed E-state index contributed by atoms with van der Waals surface area (Å²) in [5, 5.41) is 4.23. The van der Waals surface area contributed by atoms with Crippen LogP contribution in [0, 0.1) is 0 Å². The maximum Gasteiger partial charge on any atom is 0.0950 e. The molecule has 2 aromatic heterocycles. The molecule has 0 radical (unpaired) electrons. The number of nitrogens with one attached hydrogen (secondary N) is 1. The van der Waals surface area contributed by atoms with Crippen molar-refractivity contribution in [2.75, 3.05) is 0 Å². The first-order chi connectivity index (χ1) is 7.83. The smallest absolute Gasteiger partial charge is 0.0950 e. The van der Waals surface area contributed by atoms with Crippen LogP contribution in [-0.4, -0.2) is 9.78 Å². The fraction of sp³-hybridized carbons (Fsp3) is 0.364. The lowest BCUT2D eigenvalue weighted by atomic mass is 10.0. The normalized spacial score (nSPS) is 12.9. The Hall–Kier alpha value is -1.59. The van der Waals surface area contributed by atoms with Gasteiger partial charge in [-0.3, -0.25) is 16.0 Å². The van der Waals surface area contributed by atoms with E-state index in [0.717, 1.165) is 24.1 Å². The molecule has 0 saturated carbocycles. The maximum absolute atomic E-state index is 5.53. The third-order valence-corrected chi connectivity index (χ3v) is 2.60. The summed E-state index contributed by atoms with van der Waals surface area (Å²) in [6.45, 7) is 2.94. The Morgan fingerprint density at radius 2 is 2.50 bits per heavy atom. The molecule has 16 heavy (non-hydrogen) atoms. The number of rotatable bonds is 5. The molecule has 86 valence electrons. The summed E-state index contributed by atoms with van der Waals surface area (Å²) in [7, 11) is 0. The summed E-state index contributed by atoms with van der Waals surface area (Å²) < 4.78 is 6.95. The number of aryl methyl sites for hydroxylation is 1. The van der Waals surface area contributed by atoms with E-state index in [1.807, 2.05) is 23.1 Å². The Balaban J connectivity index is 2.07. The minimum Gasteiger partial charge on any atom is -0.472 e. The third kappa shape index (κ3) is 2.32. The van der Waals surface area contributed by atoms with Crippen LogP contribution in [0.2, 0.25) is 0 Å². The molecule has 0 saturated heterocycles. The molecule has 5 nitrogen and oxygen atoms in total. The van der Waals surface area contributed by atoms with E-state index in [2.05, 4.69) is 17.4 Å². The van der Waals surface area contributed by atoms with Gasteiger partial charge in [0.15, 0.2) is 0 Å². The first-order valence-electron chi connectivity index (χ1n) is 5.33. The molecule has 1 unspecified atom stereocenters. The van der Waals surface area contributed by atoms with Gasteiger partial charge in [0.1, 0.15) is 0 Å². The Morgan fingerprint density at radius 1 is 1.62 bits per heavy atom. The highest BCUT2D eigenvalue weighted by atomic mass is 16.3. The monoisotopic (exact) mass is 220 g/mol. The Morgan fingerprint density at radius 3 is 3.06 bits per heavy atom. The number of hydrogen-bond acceptors (Lipinski definition) is 4. The van der Waals surface area contributed by atoms with Gasteiger partial charge in [0, 0.05) is 18.3 Å². The van der Waals surface area contributed by atoms with Crippen LogP contribution in [0.1, 0.15) is 24.1 Å². The molecule has 3 N–H and O–H groups in total. The van der Waals surface area contributed by atoms with Crippen LogP contribution in [0.15, 0.2) is 35.4 Å². The fourth-order valence-corrected chi connectivity index (χ4v) is 1.67. The SMILES string of the molecule is CCn1cc(CC(NN)c2ccoc2)cn1. The Bertz CT molecular complexity index is 421. The number of aromatic nitrogens is 2. The molecule has 0 fully saturated rings. The van der Waals surface area contributed by atoms with E-state index in [-0.39, 0.29) is 6.04 Å². The van der Waals surface area contributed by atoms with Crippen molar-refractivity contribution < 1.29 is 4.42 Å². The maximum atomic E-state index is 5.53. The van der Waals surface area contributed by atoms with Gasteiger partial charge in [-0.05, 0) is 25.0 Å². The zero-order valence-electron chi connectivity index (χ0n) is 9.26. The van der Waals surface area contributed by atoms with Crippen LogP contribution >= 0.6 is 0 Å². The standard InChI is InChI=1S/C11H16N4O/c1-2-15-7-9(6-13-15)5-11(14-12)10-3-4-16-8-10/h3-4,6-8,11,14H,2,5,12H2,1H3. The molecule has 2 rings (SSSR count). The number of nitrogens with two attached hydrogens (primary N) is 1. The minimum atomic E-state index is 0.0632. The van der Waals surface area contributed by atoms with Gasteiger partial charge in [0.05, 0.1) is 24.8 Å². The highest BCUT2D eigenvalue weighted by Gasteiger charge is 2.12. The second-order valence-electron chi connectivity index (χ2n) is 3.68. The average molecular weight is 220 g/mol. The Kier molecular flexibility index (Phi) is 3.38. The fourth-order valence-electron chi connectivity index (χ4n) is 1.67. The molecule has 2 heterocycles. The second kappa shape index (κ2) is 4.96. The predicted octanol–water partition coefficient (Wildman–Crippen LogP) is 1.24. The van der Waals surface area contributed by atoms with Crippen molar-refractivity contribution in [2.24, 2.45) is 5.84 Å². The number of furan rings is 1. The third-order valence-electron chi connectivity index (χ3n) is 2.60. The van der Waals surface area contributed by atoms with Gasteiger partial charge in [0.2, 0.25) is 0 Å². The van der Waals surface area contributed by atoms with Crippen molar-refractivity contribution in [3.63, 3.8) is 0 Å². The molecule has 2 aromatic rings. The van der Waals surface area contributed by atoms with E-state index >= 15 is 0 Å². The molecule has 0 aliphatic rings. The van der Waals surface area contributed by atoms with Gasteiger partial charge in [-0.1, -0.05) is 0 Å². The molecule has 5 heteroatoms. The molecule has 0 aliphatic carbocycles. The minimum absolute atomic E-state index is 0.0632. The van der Waals surface area contributed by atoms with Crippen molar-refractivity contribution in [1.82, 2.24) is 15.2 Å². The van der Waals surface area contributed by atoms with Gasteiger partial charge in [-0.25, -0.2) is 0 Å². The lowest BCUT2D eigenvalue weighted by Crippen LogP contribution is -2.29. The zero-order valence-corrected chi connectivity index (χ0v) is 9.26. The largest absolute Gasteiger partial charge is 0.472 e. The molecule has 0 bridgehead atoms. The first-order valence-corrected chi connectivity index (χ1v) is 5.33. The van der Waals surface area contributed by atoms with Crippen LogP contribution in [0.4, 0.5) is 0 Å². The summed E-state index contributed by atoms with van der Waals surface area (Å²) in [5.74, 6) is 5.53. The van der Waals surface area contributed by atoms with Gasteiger partial charge in [0.25, 0.3) is 0 Å². The topological polar surface area (TPSA) is 69.0 Å². The van der Waals surface area contributed by atoms with E-state index in [4.69, 9.17) is 10.3 Å². The van der Waals surface area contributed by atoms with Crippen LogP contribution in [0.3, 0.4) is 0 Å². The van der Waals surface area contributed by atoms with E-state index in [9.17, 15) is 0 Å². The molecule has 1 atom stereocenters. The summed E-state index contributed by atoms with van der Waals surface area (Å²) >= 11 is 0. The highest BCUT2D eigenvalue weighted by molar-refractivity contribution is 5.16. The number of hydrazine groups is 1. The number of nitrogens with zero attached hydrogens (tertiary/aromatic N) is 2. The van der Waals surface area contributed by atoms with E-state index in [1.54, 1.807) is 12.5 Å². The van der Waals surface area contributed by atoms with Crippen LogP contribution in [0.25, 0.3) is 0 Å². The molecular formula is C11H16N4O. The van der Waals surface area contributed by atoms with Crippen molar-refractivity contribution in [3.8, 4) is 0 Å². The molecule has 0 spiro atoms. The summed E-state index contributed by atoms with van der Waals surface area (Å²) in [6, 6.07) is 1.97. The van der Waals surface area contributed by atoms with E-state index in [0.29, 0.717) is 0 Å². The van der Waals surface area contributed by atoms with Crippen molar-refractivity contribution in [3.05, 3.63) is 42.1 Å². The molecule has 0 aliphatic heterocycles. The Labute approximate surface area is 94.2 Å². The predicted molar refractivity (Wildman–Crippen MR) is 60.4 cm³/mol. The zero-order chi connectivity index (χ0) is 11.4. The van der Waals surface area contributed by atoms with Crippen molar-refractivity contribution in [2.45, 2.75) is 25.9 Å². The average Bonchev–Trinajstić information content (AvgIpc) is 2.96. The van der Waals surface area contributed by atoms with Crippen LogP contribution in [-0.2, 0) is 13.0 Å². The van der Waals surface area contributed by atoms with E-state index < -0.39 is 0 Å².